The minimum atomic E-state index is -0.738. The molecule has 0 fully saturated rings. The van der Waals surface area contributed by atoms with E-state index in [9.17, 15) is 14.4 Å². The average molecular weight is 478 g/mol. The van der Waals surface area contributed by atoms with Crippen molar-refractivity contribution < 1.29 is 14.4 Å². The van der Waals surface area contributed by atoms with Gasteiger partial charge in [-0.15, -0.1) is 0 Å². The van der Waals surface area contributed by atoms with E-state index in [1.807, 2.05) is 62.4 Å². The number of anilines is 1. The van der Waals surface area contributed by atoms with E-state index in [4.69, 9.17) is 11.6 Å². The summed E-state index contributed by atoms with van der Waals surface area (Å²) in [4.78, 5) is 42.7. The van der Waals surface area contributed by atoms with Crippen LogP contribution in [0.1, 0.15) is 36.7 Å². The number of benzene rings is 3. The van der Waals surface area contributed by atoms with Crippen molar-refractivity contribution in [1.29, 1.82) is 0 Å². The number of hydrogen-bond donors (Lipinski definition) is 1. The maximum absolute atomic E-state index is 13.6. The monoisotopic (exact) mass is 477 g/mol. The van der Waals surface area contributed by atoms with Gasteiger partial charge in [-0.25, -0.2) is 0 Å². The van der Waals surface area contributed by atoms with Crippen molar-refractivity contribution in [3.05, 3.63) is 76.8 Å². The van der Waals surface area contributed by atoms with E-state index in [-0.39, 0.29) is 36.7 Å². The summed E-state index contributed by atoms with van der Waals surface area (Å²) in [7, 11) is 0. The first-order chi connectivity index (χ1) is 16.3. The lowest BCUT2D eigenvalue weighted by atomic mass is 10.1. The lowest BCUT2D eigenvalue weighted by molar-refractivity contribution is -0.139. The van der Waals surface area contributed by atoms with Crippen molar-refractivity contribution >= 4 is 45.8 Å². The smallest absolute Gasteiger partial charge is 0.259 e. The van der Waals surface area contributed by atoms with Gasteiger partial charge in [0, 0.05) is 29.1 Å². The molecule has 1 atom stereocenters. The van der Waals surface area contributed by atoms with Crippen LogP contribution in [0.5, 0.6) is 0 Å². The second-order valence-corrected chi connectivity index (χ2v) is 9.41. The maximum atomic E-state index is 13.6. The van der Waals surface area contributed by atoms with Gasteiger partial charge >= 0.3 is 0 Å². The van der Waals surface area contributed by atoms with Gasteiger partial charge in [0.1, 0.15) is 12.6 Å². The van der Waals surface area contributed by atoms with Gasteiger partial charge in [0.15, 0.2) is 0 Å². The van der Waals surface area contributed by atoms with Crippen molar-refractivity contribution in [2.24, 2.45) is 5.92 Å². The molecule has 0 saturated heterocycles. The summed E-state index contributed by atoms with van der Waals surface area (Å²) in [5.41, 5.74) is 2.03. The number of halogens is 1. The van der Waals surface area contributed by atoms with E-state index >= 15 is 0 Å². The third-order valence-corrected chi connectivity index (χ3v) is 6.46. The molecule has 3 amide bonds. The lowest BCUT2D eigenvalue weighted by Gasteiger charge is -2.31. The van der Waals surface area contributed by atoms with Crippen LogP contribution >= 0.6 is 11.6 Å². The molecule has 0 radical (unpaired) electrons. The van der Waals surface area contributed by atoms with Gasteiger partial charge in [-0.05, 0) is 42.0 Å². The topological polar surface area (TPSA) is 69.7 Å². The number of amides is 3. The normalized spacial score (nSPS) is 13.4. The number of carbonyl (C=O) groups is 3. The largest absolute Gasteiger partial charge is 0.354 e. The van der Waals surface area contributed by atoms with Crippen LogP contribution in [0.15, 0.2) is 60.7 Å². The van der Waals surface area contributed by atoms with E-state index < -0.39 is 6.04 Å². The Bertz CT molecular complexity index is 1250. The predicted molar refractivity (Wildman–Crippen MR) is 135 cm³/mol. The Morgan fingerprint density at radius 1 is 1.00 bits per heavy atom. The predicted octanol–water partition coefficient (Wildman–Crippen LogP) is 4.64. The minimum absolute atomic E-state index is 0.161. The third kappa shape index (κ3) is 4.64. The van der Waals surface area contributed by atoms with Crippen LogP contribution in [0.4, 0.5) is 5.69 Å². The van der Waals surface area contributed by atoms with Crippen molar-refractivity contribution in [3.63, 3.8) is 0 Å². The first-order valence-electron chi connectivity index (χ1n) is 11.4. The molecule has 0 saturated carbocycles. The maximum Gasteiger partial charge on any atom is 0.259 e. The molecule has 0 bridgehead atoms. The van der Waals surface area contributed by atoms with Crippen molar-refractivity contribution in [1.82, 2.24) is 10.2 Å². The fourth-order valence-electron chi connectivity index (χ4n) is 4.21. The molecule has 1 N–H and O–H groups in total. The van der Waals surface area contributed by atoms with Crippen LogP contribution in [0.25, 0.3) is 10.8 Å². The number of hydrogen-bond acceptors (Lipinski definition) is 3. The van der Waals surface area contributed by atoms with Crippen molar-refractivity contribution in [3.8, 4) is 0 Å². The molecule has 0 aliphatic carbocycles. The van der Waals surface area contributed by atoms with Gasteiger partial charge in [0.25, 0.3) is 5.91 Å². The molecular formula is C27H28ClN3O3. The molecule has 0 spiro atoms. The number of nitrogens with one attached hydrogen (secondary N) is 1. The summed E-state index contributed by atoms with van der Waals surface area (Å²) in [5.74, 6) is -0.502. The molecular weight excluding hydrogens is 450 g/mol. The summed E-state index contributed by atoms with van der Waals surface area (Å²) in [5, 5.41) is 5.22. The summed E-state index contributed by atoms with van der Waals surface area (Å²) < 4.78 is 0. The summed E-state index contributed by atoms with van der Waals surface area (Å²) in [6.45, 7) is 6.22. The molecule has 0 aromatic heterocycles. The third-order valence-electron chi connectivity index (χ3n) is 6.09. The molecule has 6 nitrogen and oxygen atoms in total. The lowest BCUT2D eigenvalue weighted by Crippen LogP contribution is -2.51. The Balaban J connectivity index is 1.62. The Labute approximate surface area is 204 Å². The molecule has 3 aromatic rings. The van der Waals surface area contributed by atoms with Gasteiger partial charge in [0.2, 0.25) is 11.8 Å². The first kappa shape index (κ1) is 23.8. The molecule has 1 aliphatic heterocycles. The standard InChI is InChI=1S/C27H28ClN3O3/c1-17(2)14-29-26(33)18(3)30(15-20-8-4-5-12-22(20)28)24(32)16-31-23-13-7-10-19-9-6-11-21(25(19)23)27(31)34/h4-13,17-18H,14-16H2,1-3H3,(H,29,33). The second-order valence-electron chi connectivity index (χ2n) is 9.00. The Morgan fingerprint density at radius 3 is 2.41 bits per heavy atom. The molecule has 176 valence electrons. The fraction of sp³-hybridized carbons (Fsp3) is 0.296. The van der Waals surface area contributed by atoms with Gasteiger partial charge in [-0.1, -0.05) is 67.9 Å². The van der Waals surface area contributed by atoms with Crippen LogP contribution < -0.4 is 10.2 Å². The highest BCUT2D eigenvalue weighted by molar-refractivity contribution is 6.31. The highest BCUT2D eigenvalue weighted by Gasteiger charge is 2.34. The molecule has 1 unspecified atom stereocenters. The van der Waals surface area contributed by atoms with E-state index in [2.05, 4.69) is 5.32 Å². The van der Waals surface area contributed by atoms with Gasteiger partial charge in [-0.3, -0.25) is 19.3 Å². The molecule has 4 rings (SSSR count). The second kappa shape index (κ2) is 9.85. The Hall–Kier alpha value is -3.38. The molecule has 34 heavy (non-hydrogen) atoms. The summed E-state index contributed by atoms with van der Waals surface area (Å²) in [6.07, 6.45) is 0. The SMILES string of the molecule is CC(C)CNC(=O)C(C)N(Cc1ccccc1Cl)C(=O)CN1C(=O)c2cccc3cccc1c23. The first-order valence-corrected chi connectivity index (χ1v) is 11.8. The van der Waals surface area contributed by atoms with Gasteiger partial charge < -0.3 is 10.2 Å². The number of nitrogens with zero attached hydrogens (tertiary/aromatic N) is 2. The zero-order chi connectivity index (χ0) is 24.4. The van der Waals surface area contributed by atoms with Crippen molar-refractivity contribution in [2.45, 2.75) is 33.4 Å². The van der Waals surface area contributed by atoms with E-state index in [1.165, 1.54) is 9.80 Å². The van der Waals surface area contributed by atoms with E-state index in [1.54, 1.807) is 19.1 Å². The van der Waals surface area contributed by atoms with Gasteiger partial charge in [0.05, 0.1) is 5.69 Å². The zero-order valence-electron chi connectivity index (χ0n) is 19.5. The fourth-order valence-corrected chi connectivity index (χ4v) is 4.40. The van der Waals surface area contributed by atoms with Crippen LogP contribution in [0, 0.1) is 5.92 Å². The highest BCUT2D eigenvalue weighted by Crippen LogP contribution is 2.37. The molecule has 1 heterocycles. The quantitative estimate of drug-likeness (QED) is 0.513. The zero-order valence-corrected chi connectivity index (χ0v) is 20.3. The van der Waals surface area contributed by atoms with Crippen LogP contribution in [-0.4, -0.2) is 41.8 Å². The highest BCUT2D eigenvalue weighted by atomic mass is 35.5. The summed E-state index contributed by atoms with van der Waals surface area (Å²) >= 11 is 6.37. The van der Waals surface area contributed by atoms with Crippen molar-refractivity contribution in [2.75, 3.05) is 18.0 Å². The molecule has 1 aliphatic rings. The summed E-state index contributed by atoms with van der Waals surface area (Å²) in [6, 6.07) is 17.8. The van der Waals surface area contributed by atoms with E-state index in [0.717, 1.165) is 16.3 Å². The van der Waals surface area contributed by atoms with Crippen LogP contribution in [0.2, 0.25) is 5.02 Å². The minimum Gasteiger partial charge on any atom is -0.354 e. The van der Waals surface area contributed by atoms with E-state index in [0.29, 0.717) is 22.8 Å². The molecule has 3 aromatic carbocycles. The Kier molecular flexibility index (Phi) is 6.89. The van der Waals surface area contributed by atoms with Gasteiger partial charge in [-0.2, -0.15) is 0 Å². The van der Waals surface area contributed by atoms with Crippen LogP contribution in [-0.2, 0) is 16.1 Å². The number of carbonyl (C=O) groups excluding carboxylic acids is 3. The number of rotatable bonds is 8. The molecule has 7 heteroatoms. The Morgan fingerprint density at radius 2 is 1.71 bits per heavy atom. The van der Waals surface area contributed by atoms with Crippen LogP contribution in [0.3, 0.4) is 0 Å². The average Bonchev–Trinajstić information content (AvgIpc) is 3.09.